The zero-order valence-corrected chi connectivity index (χ0v) is 12.6. The van der Waals surface area contributed by atoms with E-state index in [1.807, 2.05) is 62.4 Å². The van der Waals surface area contributed by atoms with Crippen molar-refractivity contribution in [1.29, 1.82) is 0 Å². The van der Waals surface area contributed by atoms with Crippen LogP contribution in [0.3, 0.4) is 0 Å². The second kappa shape index (κ2) is 7.48. The topological polar surface area (TPSA) is 38.3 Å². The Bertz CT molecular complexity index is 590. The lowest BCUT2D eigenvalue weighted by Crippen LogP contribution is -2.12. The minimum atomic E-state index is 0.0206. The van der Waals surface area contributed by atoms with Crippen LogP contribution < -0.4 is 10.1 Å². The fourth-order valence-corrected chi connectivity index (χ4v) is 1.99. The molecule has 1 N–H and O–H groups in total. The molecule has 3 heteroatoms. The lowest BCUT2D eigenvalue weighted by Gasteiger charge is -2.09. The van der Waals surface area contributed by atoms with Crippen molar-refractivity contribution in [2.45, 2.75) is 26.7 Å². The molecule has 1 amide bonds. The van der Waals surface area contributed by atoms with Crippen molar-refractivity contribution in [2.24, 2.45) is 0 Å². The molecule has 2 aromatic carbocycles. The molecule has 0 saturated heterocycles. The van der Waals surface area contributed by atoms with Crippen LogP contribution in [-0.4, -0.2) is 12.5 Å². The van der Waals surface area contributed by atoms with Crippen LogP contribution in [0, 0.1) is 13.8 Å². The molecule has 0 heterocycles. The monoisotopic (exact) mass is 283 g/mol. The first-order valence-corrected chi connectivity index (χ1v) is 7.20. The number of ether oxygens (including phenoxy) is 1. The number of carbonyl (C=O) groups excluding carboxylic acids is 1. The van der Waals surface area contributed by atoms with Gasteiger partial charge in [0, 0.05) is 12.1 Å². The zero-order valence-electron chi connectivity index (χ0n) is 12.6. The molecule has 0 aliphatic carbocycles. The van der Waals surface area contributed by atoms with Crippen LogP contribution >= 0.6 is 0 Å². The molecular weight excluding hydrogens is 262 g/mol. The maximum Gasteiger partial charge on any atom is 0.224 e. The molecule has 2 rings (SSSR count). The Morgan fingerprint density at radius 3 is 2.48 bits per heavy atom. The Balaban J connectivity index is 1.70. The van der Waals surface area contributed by atoms with Gasteiger partial charge in [0.05, 0.1) is 6.61 Å². The summed E-state index contributed by atoms with van der Waals surface area (Å²) >= 11 is 0. The normalized spacial score (nSPS) is 10.2. The van der Waals surface area contributed by atoms with Crippen LogP contribution in [-0.2, 0) is 4.79 Å². The third-order valence-corrected chi connectivity index (χ3v) is 3.23. The summed E-state index contributed by atoms with van der Waals surface area (Å²) < 4.78 is 5.67. The Labute approximate surface area is 126 Å². The van der Waals surface area contributed by atoms with Crippen LogP contribution in [0.4, 0.5) is 5.69 Å². The third-order valence-electron chi connectivity index (χ3n) is 3.23. The van der Waals surface area contributed by atoms with E-state index in [1.54, 1.807) is 0 Å². The number of rotatable bonds is 6. The first-order chi connectivity index (χ1) is 10.1. The highest BCUT2D eigenvalue weighted by atomic mass is 16.5. The van der Waals surface area contributed by atoms with E-state index in [9.17, 15) is 4.79 Å². The van der Waals surface area contributed by atoms with Crippen molar-refractivity contribution >= 4 is 11.6 Å². The largest absolute Gasteiger partial charge is 0.493 e. The molecule has 0 bridgehead atoms. The summed E-state index contributed by atoms with van der Waals surface area (Å²) in [4.78, 5) is 11.8. The van der Waals surface area contributed by atoms with Crippen LogP contribution in [0.5, 0.6) is 5.75 Å². The van der Waals surface area contributed by atoms with Crippen LogP contribution in [0.1, 0.15) is 24.0 Å². The number of para-hydroxylation sites is 1. The van der Waals surface area contributed by atoms with Gasteiger partial charge in [-0.05, 0) is 44.0 Å². The van der Waals surface area contributed by atoms with E-state index >= 15 is 0 Å². The average Bonchev–Trinajstić information content (AvgIpc) is 2.48. The van der Waals surface area contributed by atoms with Gasteiger partial charge in [0.15, 0.2) is 0 Å². The second-order valence-electron chi connectivity index (χ2n) is 5.13. The number of aryl methyl sites for hydroxylation is 2. The van der Waals surface area contributed by atoms with Gasteiger partial charge in [-0.25, -0.2) is 0 Å². The number of hydrogen-bond donors (Lipinski definition) is 1. The Kier molecular flexibility index (Phi) is 5.38. The molecule has 0 aliphatic rings. The van der Waals surface area contributed by atoms with Gasteiger partial charge in [-0.2, -0.15) is 0 Å². The summed E-state index contributed by atoms with van der Waals surface area (Å²) in [6.45, 7) is 4.58. The molecule has 0 spiro atoms. The summed E-state index contributed by atoms with van der Waals surface area (Å²) in [5.41, 5.74) is 3.13. The quantitative estimate of drug-likeness (QED) is 0.810. The van der Waals surface area contributed by atoms with Gasteiger partial charge in [0.2, 0.25) is 5.91 Å². The van der Waals surface area contributed by atoms with Crippen molar-refractivity contribution in [3.05, 3.63) is 59.7 Å². The number of benzene rings is 2. The van der Waals surface area contributed by atoms with E-state index in [-0.39, 0.29) is 5.91 Å². The average molecular weight is 283 g/mol. The summed E-state index contributed by atoms with van der Waals surface area (Å²) in [6, 6.07) is 15.7. The standard InChI is InChI=1S/C18H21NO2/c1-14-9-11-16(12-10-14)19-18(20)8-5-13-21-17-7-4-3-6-15(17)2/h3-4,6-7,9-12H,5,8,13H2,1-2H3,(H,19,20). The lowest BCUT2D eigenvalue weighted by atomic mass is 10.2. The number of nitrogens with one attached hydrogen (secondary N) is 1. The number of carbonyl (C=O) groups is 1. The summed E-state index contributed by atoms with van der Waals surface area (Å²) in [5.74, 6) is 0.906. The maximum absolute atomic E-state index is 11.8. The van der Waals surface area contributed by atoms with Crippen LogP contribution in [0.2, 0.25) is 0 Å². The molecule has 21 heavy (non-hydrogen) atoms. The molecule has 3 nitrogen and oxygen atoms in total. The van der Waals surface area contributed by atoms with Crippen molar-refractivity contribution in [3.8, 4) is 5.75 Å². The second-order valence-corrected chi connectivity index (χ2v) is 5.13. The predicted molar refractivity (Wildman–Crippen MR) is 85.7 cm³/mol. The molecule has 0 atom stereocenters. The highest BCUT2D eigenvalue weighted by Crippen LogP contribution is 2.16. The number of amides is 1. The van der Waals surface area contributed by atoms with Crippen LogP contribution in [0.15, 0.2) is 48.5 Å². The summed E-state index contributed by atoms with van der Waals surface area (Å²) in [5, 5.41) is 2.88. The van der Waals surface area contributed by atoms with Crippen molar-refractivity contribution < 1.29 is 9.53 Å². The zero-order chi connectivity index (χ0) is 15.1. The molecule has 0 radical (unpaired) electrons. The van der Waals surface area contributed by atoms with Gasteiger partial charge in [0.25, 0.3) is 0 Å². The van der Waals surface area contributed by atoms with Gasteiger partial charge in [0.1, 0.15) is 5.75 Å². The minimum Gasteiger partial charge on any atom is -0.493 e. The molecule has 0 unspecified atom stereocenters. The number of hydrogen-bond acceptors (Lipinski definition) is 2. The van der Waals surface area contributed by atoms with Gasteiger partial charge >= 0.3 is 0 Å². The molecular formula is C18H21NO2. The van der Waals surface area contributed by atoms with E-state index in [2.05, 4.69) is 5.32 Å². The Hall–Kier alpha value is -2.29. The molecule has 0 saturated carbocycles. The van der Waals surface area contributed by atoms with E-state index in [0.29, 0.717) is 19.4 Å². The summed E-state index contributed by atoms with van der Waals surface area (Å²) in [7, 11) is 0. The van der Waals surface area contributed by atoms with Gasteiger partial charge in [-0.3, -0.25) is 4.79 Å². The Morgan fingerprint density at radius 2 is 1.76 bits per heavy atom. The van der Waals surface area contributed by atoms with Crippen molar-refractivity contribution in [2.75, 3.05) is 11.9 Å². The van der Waals surface area contributed by atoms with Gasteiger partial charge in [-0.1, -0.05) is 35.9 Å². The lowest BCUT2D eigenvalue weighted by molar-refractivity contribution is -0.116. The molecule has 0 aliphatic heterocycles. The molecule has 0 fully saturated rings. The minimum absolute atomic E-state index is 0.0206. The van der Waals surface area contributed by atoms with Crippen molar-refractivity contribution in [3.63, 3.8) is 0 Å². The smallest absolute Gasteiger partial charge is 0.224 e. The van der Waals surface area contributed by atoms with E-state index in [0.717, 1.165) is 17.0 Å². The fraction of sp³-hybridized carbons (Fsp3) is 0.278. The van der Waals surface area contributed by atoms with Crippen LogP contribution in [0.25, 0.3) is 0 Å². The number of anilines is 1. The first-order valence-electron chi connectivity index (χ1n) is 7.20. The molecule has 110 valence electrons. The van der Waals surface area contributed by atoms with Crippen molar-refractivity contribution in [1.82, 2.24) is 0 Å². The Morgan fingerprint density at radius 1 is 1.05 bits per heavy atom. The summed E-state index contributed by atoms with van der Waals surface area (Å²) in [6.07, 6.45) is 1.16. The SMILES string of the molecule is Cc1ccc(NC(=O)CCCOc2ccccc2C)cc1. The highest BCUT2D eigenvalue weighted by molar-refractivity contribution is 5.90. The van der Waals surface area contributed by atoms with E-state index in [4.69, 9.17) is 4.74 Å². The molecule has 0 aromatic heterocycles. The first kappa shape index (κ1) is 15.1. The maximum atomic E-state index is 11.8. The highest BCUT2D eigenvalue weighted by Gasteiger charge is 2.03. The van der Waals surface area contributed by atoms with E-state index < -0.39 is 0 Å². The van der Waals surface area contributed by atoms with E-state index in [1.165, 1.54) is 5.56 Å². The van der Waals surface area contributed by atoms with Gasteiger partial charge in [-0.15, -0.1) is 0 Å². The third kappa shape index (κ3) is 4.95. The predicted octanol–water partition coefficient (Wildman–Crippen LogP) is 4.10. The fourth-order valence-electron chi connectivity index (χ4n) is 1.99. The van der Waals surface area contributed by atoms with Gasteiger partial charge < -0.3 is 10.1 Å². The molecule has 2 aromatic rings.